The second-order valence-corrected chi connectivity index (χ2v) is 8.27. The first-order chi connectivity index (χ1) is 14.1. The van der Waals surface area contributed by atoms with Crippen molar-refractivity contribution in [1.29, 1.82) is 0 Å². The number of carbonyl (C=O) groups is 1. The van der Waals surface area contributed by atoms with E-state index in [0.29, 0.717) is 29.7 Å². The molecule has 0 saturated carbocycles. The van der Waals surface area contributed by atoms with Crippen molar-refractivity contribution in [2.75, 3.05) is 19.7 Å². The molecule has 0 radical (unpaired) electrons. The zero-order valence-electron chi connectivity index (χ0n) is 16.9. The molecule has 5 nitrogen and oxygen atoms in total. The van der Waals surface area contributed by atoms with Crippen molar-refractivity contribution in [1.82, 2.24) is 9.47 Å². The summed E-state index contributed by atoms with van der Waals surface area (Å²) in [4.78, 5) is 15.4. The number of rotatable bonds is 6. The van der Waals surface area contributed by atoms with Crippen LogP contribution in [0.5, 0.6) is 5.75 Å². The van der Waals surface area contributed by atoms with Crippen LogP contribution in [0.4, 0.5) is 0 Å². The monoisotopic (exact) mass is 492 g/mol. The molecule has 1 aliphatic heterocycles. The second-order valence-electron chi connectivity index (χ2n) is 7.42. The van der Waals surface area contributed by atoms with Crippen LogP contribution in [0.25, 0.3) is 10.9 Å². The van der Waals surface area contributed by atoms with Gasteiger partial charge < -0.3 is 14.4 Å². The fourth-order valence-corrected chi connectivity index (χ4v) is 4.44. The minimum absolute atomic E-state index is 0. The molecule has 0 aliphatic carbocycles. The number of aromatic nitrogens is 1. The van der Waals surface area contributed by atoms with Gasteiger partial charge in [0.05, 0.1) is 22.2 Å². The van der Waals surface area contributed by atoms with Crippen LogP contribution in [0.2, 0.25) is 0 Å². The molecule has 0 amide bonds. The Kier molecular flexibility index (Phi) is 7.45. The zero-order valence-corrected chi connectivity index (χ0v) is 19.3. The van der Waals surface area contributed by atoms with Gasteiger partial charge in [0.15, 0.2) is 0 Å². The van der Waals surface area contributed by atoms with Gasteiger partial charge in [0.2, 0.25) is 0 Å². The van der Waals surface area contributed by atoms with Gasteiger partial charge in [0.1, 0.15) is 5.75 Å². The lowest BCUT2D eigenvalue weighted by Gasteiger charge is -2.19. The summed E-state index contributed by atoms with van der Waals surface area (Å²) < 4.78 is 8.22. The van der Waals surface area contributed by atoms with Gasteiger partial charge in [-0.3, -0.25) is 4.90 Å². The van der Waals surface area contributed by atoms with Crippen LogP contribution < -0.4 is 0 Å². The maximum Gasteiger partial charge on any atom is 0.340 e. The summed E-state index contributed by atoms with van der Waals surface area (Å²) in [7, 11) is 0. The van der Waals surface area contributed by atoms with Crippen LogP contribution >= 0.6 is 28.3 Å². The zero-order chi connectivity index (χ0) is 20.4. The van der Waals surface area contributed by atoms with Gasteiger partial charge in [0.25, 0.3) is 0 Å². The minimum Gasteiger partial charge on any atom is -0.507 e. The Bertz CT molecular complexity index is 1030. The molecule has 0 spiro atoms. The number of halogens is 2. The number of carbonyl (C=O) groups excluding carboxylic acids is 1. The highest BCUT2D eigenvalue weighted by Gasteiger charge is 2.27. The molecule has 0 unspecified atom stereocenters. The van der Waals surface area contributed by atoms with Crippen molar-refractivity contribution in [2.45, 2.75) is 32.9 Å². The fraction of sp³-hybridized carbons (Fsp3) is 0.348. The molecule has 2 heterocycles. The molecular weight excluding hydrogens is 468 g/mol. The Morgan fingerprint density at radius 1 is 1.13 bits per heavy atom. The normalized spacial score (nSPS) is 14.1. The number of aromatic hydroxyl groups is 1. The summed E-state index contributed by atoms with van der Waals surface area (Å²) in [6.45, 7) is 5.53. The highest BCUT2D eigenvalue weighted by molar-refractivity contribution is 9.10. The Balaban J connectivity index is 0.00000256. The first-order valence-corrected chi connectivity index (χ1v) is 10.8. The van der Waals surface area contributed by atoms with E-state index in [0.717, 1.165) is 35.2 Å². The van der Waals surface area contributed by atoms with E-state index in [9.17, 15) is 9.90 Å². The van der Waals surface area contributed by atoms with Gasteiger partial charge in [-0.15, -0.1) is 12.4 Å². The third kappa shape index (κ3) is 4.51. The highest BCUT2D eigenvalue weighted by Crippen LogP contribution is 2.36. The summed E-state index contributed by atoms with van der Waals surface area (Å²) in [5.41, 5.74) is 3.58. The number of benzene rings is 2. The number of ether oxygens (including phenoxy) is 1. The number of esters is 1. The summed E-state index contributed by atoms with van der Waals surface area (Å²) >= 11 is 3.44. The van der Waals surface area contributed by atoms with Gasteiger partial charge in [0, 0.05) is 24.2 Å². The topological polar surface area (TPSA) is 54.7 Å². The lowest BCUT2D eigenvalue weighted by atomic mass is 10.1. The van der Waals surface area contributed by atoms with Crippen molar-refractivity contribution < 1.29 is 14.6 Å². The van der Waals surface area contributed by atoms with E-state index >= 15 is 0 Å². The van der Waals surface area contributed by atoms with Crippen molar-refractivity contribution in [3.8, 4) is 5.75 Å². The largest absolute Gasteiger partial charge is 0.507 e. The van der Waals surface area contributed by atoms with E-state index < -0.39 is 0 Å². The maximum atomic E-state index is 13.0. The smallest absolute Gasteiger partial charge is 0.340 e. The summed E-state index contributed by atoms with van der Waals surface area (Å²) in [6, 6.07) is 13.8. The van der Waals surface area contributed by atoms with Crippen LogP contribution in [-0.4, -0.2) is 40.2 Å². The van der Waals surface area contributed by atoms with Gasteiger partial charge in [-0.05, 0) is 66.5 Å². The molecule has 1 saturated heterocycles. The molecular formula is C23H26BrClN2O3. The van der Waals surface area contributed by atoms with Crippen molar-refractivity contribution >= 4 is 45.2 Å². The number of hydrogen-bond donors (Lipinski definition) is 1. The summed E-state index contributed by atoms with van der Waals surface area (Å²) in [6.07, 6.45) is 2.36. The molecule has 1 fully saturated rings. The molecule has 0 atom stereocenters. The van der Waals surface area contributed by atoms with Crippen LogP contribution in [0.3, 0.4) is 0 Å². The van der Waals surface area contributed by atoms with Crippen LogP contribution in [0.1, 0.15) is 41.4 Å². The first kappa shape index (κ1) is 22.7. The van der Waals surface area contributed by atoms with Crippen LogP contribution in [0, 0.1) is 0 Å². The Morgan fingerprint density at radius 3 is 2.50 bits per heavy atom. The summed E-state index contributed by atoms with van der Waals surface area (Å²) in [5, 5.41) is 11.0. The molecule has 160 valence electrons. The Labute approximate surface area is 191 Å². The summed E-state index contributed by atoms with van der Waals surface area (Å²) in [5.74, 6) is -0.215. The lowest BCUT2D eigenvalue weighted by Crippen LogP contribution is -2.23. The Hall–Kier alpha value is -2.02. The molecule has 0 bridgehead atoms. The third-order valence-electron chi connectivity index (χ3n) is 5.47. The maximum absolute atomic E-state index is 13.0. The number of hydrogen-bond acceptors (Lipinski definition) is 4. The van der Waals surface area contributed by atoms with E-state index in [1.807, 2.05) is 31.2 Å². The van der Waals surface area contributed by atoms with Crippen molar-refractivity contribution in [3.05, 3.63) is 63.8 Å². The molecule has 30 heavy (non-hydrogen) atoms. The Morgan fingerprint density at radius 2 is 1.83 bits per heavy atom. The SMILES string of the molecule is CCOC(=O)c1c(CN2CCCC2)n(Cc2ccccc2)c2cc(Br)c(O)cc12.Cl. The quantitative estimate of drug-likeness (QED) is 0.470. The first-order valence-electron chi connectivity index (χ1n) is 10.1. The second kappa shape index (κ2) is 9.86. The van der Waals surface area contributed by atoms with Crippen molar-refractivity contribution in [2.24, 2.45) is 0 Å². The van der Waals surface area contributed by atoms with E-state index in [4.69, 9.17) is 4.74 Å². The van der Waals surface area contributed by atoms with E-state index in [1.165, 1.54) is 12.8 Å². The van der Waals surface area contributed by atoms with Gasteiger partial charge in [-0.2, -0.15) is 0 Å². The van der Waals surface area contributed by atoms with Gasteiger partial charge >= 0.3 is 5.97 Å². The number of phenols is 1. The number of likely N-dealkylation sites (tertiary alicyclic amines) is 1. The molecule has 1 aliphatic rings. The van der Waals surface area contributed by atoms with Crippen LogP contribution in [0.15, 0.2) is 46.9 Å². The molecule has 7 heteroatoms. The molecule has 4 rings (SSSR count). The average molecular weight is 494 g/mol. The van der Waals surface area contributed by atoms with E-state index in [1.54, 1.807) is 6.07 Å². The third-order valence-corrected chi connectivity index (χ3v) is 6.11. The number of phenolic OH excluding ortho intramolecular Hbond substituents is 1. The highest BCUT2D eigenvalue weighted by atomic mass is 79.9. The number of fused-ring (bicyclic) bond motifs is 1. The molecule has 3 aromatic rings. The minimum atomic E-state index is -0.333. The predicted octanol–water partition coefficient (Wildman–Crippen LogP) is 5.35. The standard InChI is InChI=1S/C23H25BrN2O3.ClH/c1-2-29-23(28)22-17-12-21(27)18(24)13-19(17)26(14-16-8-4-3-5-9-16)20(22)15-25-10-6-7-11-25;/h3-5,8-9,12-13,27H,2,6-7,10-11,14-15H2,1H3;1H. The lowest BCUT2D eigenvalue weighted by molar-refractivity contribution is 0.0526. The number of nitrogens with zero attached hydrogens (tertiary/aromatic N) is 2. The van der Waals surface area contributed by atoms with Crippen LogP contribution in [-0.2, 0) is 17.8 Å². The van der Waals surface area contributed by atoms with Gasteiger partial charge in [-0.25, -0.2) is 4.79 Å². The molecule has 1 aromatic heterocycles. The predicted molar refractivity (Wildman–Crippen MR) is 125 cm³/mol. The van der Waals surface area contributed by atoms with Gasteiger partial charge in [-0.1, -0.05) is 30.3 Å². The molecule has 1 N–H and O–H groups in total. The fourth-order valence-electron chi connectivity index (χ4n) is 4.11. The van der Waals surface area contributed by atoms with Crippen molar-refractivity contribution in [3.63, 3.8) is 0 Å². The average Bonchev–Trinajstić information content (AvgIpc) is 3.31. The molecule has 2 aromatic carbocycles. The van der Waals surface area contributed by atoms with E-state index in [-0.39, 0.29) is 24.1 Å². The van der Waals surface area contributed by atoms with E-state index in [2.05, 4.69) is 37.5 Å².